The number of methoxy groups -OCH3 is 1. The van der Waals surface area contributed by atoms with E-state index in [1.165, 1.54) is 0 Å². The van der Waals surface area contributed by atoms with Gasteiger partial charge in [0.25, 0.3) is 0 Å². The fourth-order valence-corrected chi connectivity index (χ4v) is 8.70. The van der Waals surface area contributed by atoms with Gasteiger partial charge < -0.3 is 32.5 Å². The quantitative estimate of drug-likeness (QED) is 0.0276. The van der Waals surface area contributed by atoms with Crippen molar-refractivity contribution < 1.29 is 46.6 Å². The lowest BCUT2D eigenvalue weighted by molar-refractivity contribution is -0.159. The van der Waals surface area contributed by atoms with Crippen molar-refractivity contribution in [3.05, 3.63) is 33.5 Å². The van der Waals surface area contributed by atoms with Crippen LogP contribution in [0.5, 0.6) is 0 Å². The first-order chi connectivity index (χ1) is 22.8. The number of hydrogen-bond acceptors (Lipinski definition) is 10. The van der Waals surface area contributed by atoms with Gasteiger partial charge in [0.2, 0.25) is 0 Å². The second-order valence-corrected chi connectivity index (χ2v) is 21.9. The lowest BCUT2D eigenvalue weighted by Gasteiger charge is -2.41. The normalized spacial score (nSPS) is 21.5. The SMILES string of the molecule is CCOP(=O)(CC(=O)O[C@@H](C[C@H](O[Si](C)(C)C(C)(C)C)/C(C)=C/C=C/[C@@H](C)[C@H]1C[C@@H](CC=O)CC(=O)O1)[C@H](C)[C@@H](OC)/C(C)=C/I)OCC. The molecule has 0 unspecified atom stereocenters. The van der Waals surface area contributed by atoms with Gasteiger partial charge in [-0.2, -0.15) is 0 Å². The zero-order valence-electron chi connectivity index (χ0n) is 31.8. The first-order valence-corrected chi connectivity index (χ1v) is 23.2. The Morgan fingerprint density at radius 2 is 1.73 bits per heavy atom. The molecule has 49 heavy (non-hydrogen) atoms. The molecular weight excluding hydrogens is 778 g/mol. The van der Waals surface area contributed by atoms with Gasteiger partial charge in [-0.15, -0.1) is 0 Å². The average Bonchev–Trinajstić information content (AvgIpc) is 2.99. The number of carbonyl (C=O) groups excluding carboxylic acids is 3. The molecule has 10 nitrogen and oxygen atoms in total. The molecule has 1 aliphatic rings. The standard InChI is InChI=1S/C36H62IO10PSi/c1-13-43-48(41,44-14-2)24-34(40)46-32(28(6)35(42-10)27(5)23-37)22-31(47-49(11,12)36(7,8)9)26(4)17-15-16-25(3)30-20-29(18-19-38)21-33(39)45-30/h15-17,19,23,25,28-32,35H,13-14,18,20-22,24H2,1-12H3/b16-15+,26-17+,27-23+/t25-,28+,29-,30-,31+,32+,35+/m1/s1. The lowest BCUT2D eigenvalue weighted by Crippen LogP contribution is -2.46. The molecule has 0 bridgehead atoms. The van der Waals surface area contributed by atoms with Gasteiger partial charge >= 0.3 is 19.5 Å². The van der Waals surface area contributed by atoms with Gasteiger partial charge in [0.05, 0.1) is 25.4 Å². The second-order valence-electron chi connectivity index (χ2n) is 14.5. The van der Waals surface area contributed by atoms with Crippen molar-refractivity contribution in [2.45, 2.75) is 131 Å². The zero-order chi connectivity index (χ0) is 37.6. The minimum absolute atomic E-state index is 0.00142. The predicted octanol–water partition coefficient (Wildman–Crippen LogP) is 8.98. The maximum Gasteiger partial charge on any atom is 0.341 e. The van der Waals surface area contributed by atoms with Gasteiger partial charge in [-0.1, -0.05) is 75.4 Å². The molecule has 0 aromatic carbocycles. The van der Waals surface area contributed by atoms with E-state index in [-0.39, 0.29) is 60.6 Å². The third kappa shape index (κ3) is 15.2. The van der Waals surface area contributed by atoms with E-state index in [4.69, 9.17) is 27.7 Å². The molecule has 0 aromatic heterocycles. The third-order valence-corrected chi connectivity index (χ3v) is 16.9. The summed E-state index contributed by atoms with van der Waals surface area (Å²) < 4.78 is 50.7. The lowest BCUT2D eigenvalue weighted by atomic mass is 9.87. The summed E-state index contributed by atoms with van der Waals surface area (Å²) in [6.07, 6.45) is 6.18. The molecule has 0 aromatic rings. The summed E-state index contributed by atoms with van der Waals surface area (Å²) in [5.74, 6) is -1.29. The van der Waals surface area contributed by atoms with E-state index in [9.17, 15) is 18.9 Å². The molecule has 0 spiro atoms. The Hall–Kier alpha value is -1.15. The summed E-state index contributed by atoms with van der Waals surface area (Å²) in [5.41, 5.74) is 1.92. The van der Waals surface area contributed by atoms with Crippen LogP contribution in [-0.2, 0) is 46.6 Å². The van der Waals surface area contributed by atoms with Crippen LogP contribution in [0.2, 0.25) is 18.1 Å². The Morgan fingerprint density at radius 1 is 1.12 bits per heavy atom. The number of ether oxygens (including phenoxy) is 3. The highest BCUT2D eigenvalue weighted by Gasteiger charge is 2.42. The van der Waals surface area contributed by atoms with Crippen LogP contribution in [0.4, 0.5) is 0 Å². The zero-order valence-corrected chi connectivity index (χ0v) is 35.8. The van der Waals surface area contributed by atoms with Gasteiger partial charge in [0.1, 0.15) is 24.7 Å². The van der Waals surface area contributed by atoms with Crippen LogP contribution in [-0.4, -0.2) is 77.4 Å². The third-order valence-electron chi connectivity index (χ3n) is 9.49. The Morgan fingerprint density at radius 3 is 2.24 bits per heavy atom. The highest BCUT2D eigenvalue weighted by Crippen LogP contribution is 2.48. The number of aldehydes is 1. The van der Waals surface area contributed by atoms with Gasteiger partial charge in [-0.3, -0.25) is 14.2 Å². The molecule has 1 rings (SSSR count). The molecule has 1 fully saturated rings. The average molecular weight is 841 g/mol. The second kappa shape index (κ2) is 21.4. The molecule has 7 atom stereocenters. The van der Waals surface area contributed by atoms with Crippen molar-refractivity contribution >= 4 is 56.7 Å². The molecule has 1 aliphatic heterocycles. The largest absolute Gasteiger partial charge is 0.462 e. The number of halogens is 1. The first-order valence-electron chi connectivity index (χ1n) is 17.3. The number of hydrogen-bond donors (Lipinski definition) is 0. The van der Waals surface area contributed by atoms with E-state index in [2.05, 4.69) is 56.5 Å². The monoisotopic (exact) mass is 840 g/mol. The number of rotatable bonds is 21. The summed E-state index contributed by atoms with van der Waals surface area (Å²) in [6.45, 7) is 22.5. The maximum absolute atomic E-state index is 13.4. The highest BCUT2D eigenvalue weighted by atomic mass is 127. The van der Waals surface area contributed by atoms with Crippen LogP contribution in [0.1, 0.15) is 88.0 Å². The summed E-state index contributed by atoms with van der Waals surface area (Å²) in [5, 5.41) is -0.0895. The Bertz CT molecular complexity index is 1200. The van der Waals surface area contributed by atoms with E-state index in [1.54, 1.807) is 21.0 Å². The first kappa shape index (κ1) is 45.9. The number of esters is 2. The Balaban J connectivity index is 3.52. The van der Waals surface area contributed by atoms with Gasteiger partial charge in [0.15, 0.2) is 8.32 Å². The van der Waals surface area contributed by atoms with Crippen molar-refractivity contribution in [2.75, 3.05) is 26.5 Å². The topological polar surface area (TPSA) is 124 Å². The van der Waals surface area contributed by atoms with Crippen molar-refractivity contribution in [2.24, 2.45) is 17.8 Å². The van der Waals surface area contributed by atoms with Gasteiger partial charge in [-0.05, 0) is 73.4 Å². The number of carbonyl (C=O) groups is 3. The molecule has 0 saturated carbocycles. The van der Waals surface area contributed by atoms with Crippen LogP contribution < -0.4 is 0 Å². The predicted molar refractivity (Wildman–Crippen MR) is 205 cm³/mol. The van der Waals surface area contributed by atoms with E-state index in [1.807, 2.05) is 50.0 Å². The molecule has 1 saturated heterocycles. The molecule has 1 heterocycles. The summed E-state index contributed by atoms with van der Waals surface area (Å²) in [7, 11) is -4.38. The highest BCUT2D eigenvalue weighted by molar-refractivity contribution is 14.1. The fourth-order valence-electron chi connectivity index (χ4n) is 5.56. The van der Waals surface area contributed by atoms with Gasteiger partial charge in [0, 0.05) is 38.2 Å². The Kier molecular flexibility index (Phi) is 20.0. The molecular formula is C36H62IO10PSi. The number of cyclic esters (lactones) is 1. The van der Waals surface area contributed by atoms with Crippen molar-refractivity contribution in [3.8, 4) is 0 Å². The van der Waals surface area contributed by atoms with E-state index < -0.39 is 40.3 Å². The summed E-state index contributed by atoms with van der Waals surface area (Å²) >= 11 is 2.18. The van der Waals surface area contributed by atoms with E-state index in [0.717, 1.165) is 17.4 Å². The minimum atomic E-state index is -3.69. The van der Waals surface area contributed by atoms with Crippen molar-refractivity contribution in [1.82, 2.24) is 0 Å². The molecule has 0 radical (unpaired) electrons. The Labute approximate surface area is 310 Å². The van der Waals surface area contributed by atoms with Crippen LogP contribution >= 0.6 is 30.2 Å². The summed E-state index contributed by atoms with van der Waals surface area (Å²) in [6, 6.07) is 0. The molecule has 0 aliphatic carbocycles. The minimum Gasteiger partial charge on any atom is -0.462 e. The van der Waals surface area contributed by atoms with Crippen LogP contribution in [0.3, 0.4) is 0 Å². The summed E-state index contributed by atoms with van der Waals surface area (Å²) in [4.78, 5) is 36.7. The molecule has 0 amide bonds. The van der Waals surface area contributed by atoms with Crippen LogP contribution in [0, 0.1) is 17.8 Å². The van der Waals surface area contributed by atoms with E-state index in [0.29, 0.717) is 19.3 Å². The van der Waals surface area contributed by atoms with Crippen molar-refractivity contribution in [1.29, 1.82) is 0 Å². The molecule has 0 N–H and O–H groups in total. The number of allylic oxidation sites excluding steroid dienone is 2. The maximum atomic E-state index is 13.4. The van der Waals surface area contributed by atoms with Crippen LogP contribution in [0.15, 0.2) is 33.5 Å². The van der Waals surface area contributed by atoms with Gasteiger partial charge in [-0.25, -0.2) is 0 Å². The fraction of sp³-hybridized carbons (Fsp3) is 0.750. The van der Waals surface area contributed by atoms with E-state index >= 15 is 0 Å². The molecule has 13 heteroatoms. The van der Waals surface area contributed by atoms with Crippen LogP contribution in [0.25, 0.3) is 0 Å². The van der Waals surface area contributed by atoms with Crippen molar-refractivity contribution in [3.63, 3.8) is 0 Å². The smallest absolute Gasteiger partial charge is 0.341 e. The molecule has 282 valence electrons.